The van der Waals surface area contributed by atoms with Crippen LogP contribution in [0.2, 0.25) is 5.02 Å². The summed E-state index contributed by atoms with van der Waals surface area (Å²) < 4.78 is 0. The molecule has 0 radical (unpaired) electrons. The van der Waals surface area contributed by atoms with Gasteiger partial charge in [0, 0.05) is 11.9 Å². The van der Waals surface area contributed by atoms with Gasteiger partial charge in [0.1, 0.15) is 10.8 Å². The molecule has 3 N–H and O–H groups in total. The molecule has 0 saturated carbocycles. The highest BCUT2D eigenvalue weighted by Gasteiger charge is 2.03. The number of halogens is 1. The van der Waals surface area contributed by atoms with Crippen molar-refractivity contribution in [2.24, 2.45) is 5.84 Å². The number of thioether (sulfide) groups is 1. The molecule has 0 spiro atoms. The van der Waals surface area contributed by atoms with Crippen molar-refractivity contribution < 1.29 is 0 Å². The fourth-order valence-electron chi connectivity index (χ4n) is 1.26. The van der Waals surface area contributed by atoms with Gasteiger partial charge >= 0.3 is 0 Å². The molecule has 2 rings (SSSR count). The minimum absolute atomic E-state index is 0.648. The van der Waals surface area contributed by atoms with Crippen molar-refractivity contribution in [3.8, 4) is 0 Å². The number of hydrogen-bond donors (Lipinski definition) is 2. The van der Waals surface area contributed by atoms with Gasteiger partial charge in [-0.25, -0.2) is 15.8 Å². The highest BCUT2D eigenvalue weighted by Crippen LogP contribution is 2.26. The summed E-state index contributed by atoms with van der Waals surface area (Å²) in [4.78, 5) is 8.51. The monoisotopic (exact) mass is 266 g/mol. The number of aromatic nitrogens is 2. The lowest BCUT2D eigenvalue weighted by atomic mass is 10.4. The van der Waals surface area contributed by atoms with E-state index in [0.29, 0.717) is 16.6 Å². The number of rotatable bonds is 4. The third-order valence-electron chi connectivity index (χ3n) is 2.04. The fraction of sp³-hybridized carbons (Fsp3) is 0.0909. The van der Waals surface area contributed by atoms with E-state index in [1.807, 2.05) is 30.3 Å². The average Bonchev–Trinajstić information content (AvgIpc) is 2.38. The normalized spacial score (nSPS) is 10.2. The van der Waals surface area contributed by atoms with Crippen LogP contribution in [0.4, 0.5) is 5.82 Å². The second-order valence-electron chi connectivity index (χ2n) is 3.24. The minimum Gasteiger partial charge on any atom is -0.308 e. The number of nitrogen functional groups attached to an aromatic ring is 1. The van der Waals surface area contributed by atoms with E-state index in [1.165, 1.54) is 0 Å². The van der Waals surface area contributed by atoms with Crippen LogP contribution < -0.4 is 11.3 Å². The van der Waals surface area contributed by atoms with E-state index in [0.717, 1.165) is 10.7 Å². The Morgan fingerprint density at radius 2 is 2.18 bits per heavy atom. The van der Waals surface area contributed by atoms with E-state index in [4.69, 9.17) is 17.4 Å². The molecule has 0 aliphatic heterocycles. The van der Waals surface area contributed by atoms with E-state index < -0.39 is 0 Å². The molecular weight excluding hydrogens is 256 g/mol. The first-order chi connectivity index (χ1) is 8.29. The van der Waals surface area contributed by atoms with E-state index >= 15 is 0 Å². The maximum absolute atomic E-state index is 6.01. The van der Waals surface area contributed by atoms with E-state index in [1.54, 1.807) is 18.0 Å². The highest BCUT2D eigenvalue weighted by atomic mass is 35.5. The average molecular weight is 267 g/mol. The lowest BCUT2D eigenvalue weighted by molar-refractivity contribution is 1.11. The SMILES string of the molecule is NNc1cccc(CSc2ncccc2Cl)n1. The van der Waals surface area contributed by atoms with Gasteiger partial charge in [0.25, 0.3) is 0 Å². The second-order valence-corrected chi connectivity index (χ2v) is 4.61. The highest BCUT2D eigenvalue weighted by molar-refractivity contribution is 7.98. The Balaban J connectivity index is 2.05. The number of nitrogens with two attached hydrogens (primary N) is 1. The third kappa shape index (κ3) is 3.33. The molecule has 0 fully saturated rings. The molecule has 0 amide bonds. The lowest BCUT2D eigenvalue weighted by Crippen LogP contribution is -2.08. The van der Waals surface area contributed by atoms with Crippen molar-refractivity contribution in [1.29, 1.82) is 0 Å². The summed E-state index contributed by atoms with van der Waals surface area (Å²) >= 11 is 7.56. The zero-order valence-corrected chi connectivity index (χ0v) is 10.5. The van der Waals surface area contributed by atoms with Crippen LogP contribution in [0.25, 0.3) is 0 Å². The number of hydrogen-bond acceptors (Lipinski definition) is 5. The topological polar surface area (TPSA) is 63.8 Å². The van der Waals surface area contributed by atoms with Gasteiger partial charge < -0.3 is 5.43 Å². The van der Waals surface area contributed by atoms with Crippen molar-refractivity contribution in [3.05, 3.63) is 47.2 Å². The Labute approximate surface area is 109 Å². The van der Waals surface area contributed by atoms with Crippen LogP contribution in [0.15, 0.2) is 41.6 Å². The smallest absolute Gasteiger partial charge is 0.140 e. The molecule has 2 aromatic heterocycles. The maximum atomic E-state index is 6.01. The maximum Gasteiger partial charge on any atom is 0.140 e. The Morgan fingerprint density at radius 1 is 1.29 bits per heavy atom. The molecule has 6 heteroatoms. The molecule has 2 heterocycles. The van der Waals surface area contributed by atoms with Crippen LogP contribution in [-0.2, 0) is 5.75 Å². The van der Waals surface area contributed by atoms with Crippen LogP contribution in [0.3, 0.4) is 0 Å². The molecule has 0 saturated heterocycles. The van der Waals surface area contributed by atoms with Crippen LogP contribution >= 0.6 is 23.4 Å². The second kappa shape index (κ2) is 5.86. The summed E-state index contributed by atoms with van der Waals surface area (Å²) in [5, 5.41) is 1.47. The molecule has 0 aliphatic rings. The number of hydrazine groups is 1. The molecule has 2 aromatic rings. The van der Waals surface area contributed by atoms with Crippen molar-refractivity contribution in [2.45, 2.75) is 10.8 Å². The van der Waals surface area contributed by atoms with Gasteiger partial charge in [0.05, 0.1) is 10.7 Å². The van der Waals surface area contributed by atoms with Gasteiger partial charge in [-0.05, 0) is 24.3 Å². The first kappa shape index (κ1) is 12.2. The predicted molar refractivity (Wildman–Crippen MR) is 70.9 cm³/mol. The van der Waals surface area contributed by atoms with E-state index in [-0.39, 0.29) is 0 Å². The Kier molecular flexibility index (Phi) is 4.19. The Morgan fingerprint density at radius 3 is 2.94 bits per heavy atom. The van der Waals surface area contributed by atoms with Crippen molar-refractivity contribution in [1.82, 2.24) is 9.97 Å². The van der Waals surface area contributed by atoms with Gasteiger partial charge in [-0.3, -0.25) is 0 Å². The van der Waals surface area contributed by atoms with E-state index in [2.05, 4.69) is 15.4 Å². The molecule has 0 atom stereocenters. The molecule has 0 aromatic carbocycles. The summed E-state index contributed by atoms with van der Waals surface area (Å²) in [6, 6.07) is 9.27. The van der Waals surface area contributed by atoms with Crippen LogP contribution in [-0.4, -0.2) is 9.97 Å². The molecule has 0 bridgehead atoms. The fourth-order valence-corrected chi connectivity index (χ4v) is 2.33. The first-order valence-electron chi connectivity index (χ1n) is 4.95. The van der Waals surface area contributed by atoms with E-state index in [9.17, 15) is 0 Å². The number of pyridine rings is 2. The van der Waals surface area contributed by atoms with Crippen molar-refractivity contribution >= 4 is 29.2 Å². The summed E-state index contributed by atoms with van der Waals surface area (Å²) in [6.07, 6.45) is 1.72. The van der Waals surface area contributed by atoms with Gasteiger partial charge in [-0.15, -0.1) is 0 Å². The molecule has 17 heavy (non-hydrogen) atoms. The molecule has 4 nitrogen and oxygen atoms in total. The lowest BCUT2D eigenvalue weighted by Gasteiger charge is -2.04. The zero-order chi connectivity index (χ0) is 12.1. The van der Waals surface area contributed by atoms with Gasteiger partial charge in [-0.1, -0.05) is 29.4 Å². The predicted octanol–water partition coefficient (Wildman–Crippen LogP) is 2.71. The summed E-state index contributed by atoms with van der Waals surface area (Å²) in [7, 11) is 0. The molecule has 88 valence electrons. The number of nitrogens with zero attached hydrogens (tertiary/aromatic N) is 2. The zero-order valence-electron chi connectivity index (χ0n) is 8.93. The Bertz CT molecular complexity index is 506. The summed E-state index contributed by atoms with van der Waals surface area (Å²) in [6.45, 7) is 0. The standard InChI is InChI=1S/C11H11ClN4S/c12-9-4-2-6-14-11(9)17-7-8-3-1-5-10(15-8)16-13/h1-6H,7,13H2,(H,15,16). The molecule has 0 unspecified atom stereocenters. The summed E-state index contributed by atoms with van der Waals surface area (Å²) in [5.74, 6) is 6.65. The Hall–Kier alpha value is -1.30. The third-order valence-corrected chi connectivity index (χ3v) is 3.49. The number of anilines is 1. The molecular formula is C11H11ClN4S. The van der Waals surface area contributed by atoms with Crippen molar-refractivity contribution in [2.75, 3.05) is 5.43 Å². The quantitative estimate of drug-likeness (QED) is 0.506. The number of nitrogens with one attached hydrogen (secondary N) is 1. The van der Waals surface area contributed by atoms with Crippen LogP contribution in [0, 0.1) is 0 Å². The van der Waals surface area contributed by atoms with Gasteiger partial charge in [-0.2, -0.15) is 0 Å². The van der Waals surface area contributed by atoms with Crippen LogP contribution in [0.1, 0.15) is 5.69 Å². The van der Waals surface area contributed by atoms with Gasteiger partial charge in [0.15, 0.2) is 0 Å². The first-order valence-corrected chi connectivity index (χ1v) is 6.32. The minimum atomic E-state index is 0.648. The van der Waals surface area contributed by atoms with Crippen molar-refractivity contribution in [3.63, 3.8) is 0 Å². The van der Waals surface area contributed by atoms with Crippen LogP contribution in [0.5, 0.6) is 0 Å². The summed E-state index contributed by atoms with van der Waals surface area (Å²) in [5.41, 5.74) is 3.44. The largest absolute Gasteiger partial charge is 0.308 e. The molecule has 0 aliphatic carbocycles. The van der Waals surface area contributed by atoms with Gasteiger partial charge in [0.2, 0.25) is 0 Å².